The van der Waals surface area contributed by atoms with Crippen LogP contribution in [0.5, 0.6) is 0 Å². The Bertz CT molecular complexity index is 1150. The molecular formula is C20H19N3O2S2. The van der Waals surface area contributed by atoms with Gasteiger partial charge in [0.15, 0.2) is 11.7 Å². The van der Waals surface area contributed by atoms with Crippen LogP contribution in [0.3, 0.4) is 0 Å². The van der Waals surface area contributed by atoms with E-state index in [0.29, 0.717) is 15.1 Å². The van der Waals surface area contributed by atoms with E-state index < -0.39 is 5.92 Å². The van der Waals surface area contributed by atoms with Gasteiger partial charge in [0, 0.05) is 9.75 Å². The lowest BCUT2D eigenvalue weighted by atomic mass is 9.97. The lowest BCUT2D eigenvalue weighted by molar-refractivity contribution is 0.0980. The molecule has 1 aliphatic carbocycles. The van der Waals surface area contributed by atoms with Crippen LogP contribution in [-0.4, -0.2) is 15.8 Å². The van der Waals surface area contributed by atoms with Crippen LogP contribution in [0, 0.1) is 18.3 Å². The van der Waals surface area contributed by atoms with E-state index in [9.17, 15) is 14.9 Å². The smallest absolute Gasteiger partial charge is 0.259 e. The lowest BCUT2D eigenvalue weighted by Gasteiger charge is -2.10. The van der Waals surface area contributed by atoms with E-state index >= 15 is 0 Å². The van der Waals surface area contributed by atoms with Crippen molar-refractivity contribution in [1.29, 1.82) is 5.26 Å². The molecule has 1 atom stereocenters. The Kier molecular flexibility index (Phi) is 4.70. The number of thiophene rings is 2. The van der Waals surface area contributed by atoms with Crippen LogP contribution in [0.2, 0.25) is 0 Å². The van der Waals surface area contributed by atoms with Crippen molar-refractivity contribution in [3.63, 3.8) is 0 Å². The fourth-order valence-corrected chi connectivity index (χ4v) is 6.05. The molecule has 1 aliphatic rings. The second-order valence-electron chi connectivity index (χ2n) is 6.84. The minimum Gasteiger partial charge on any atom is -0.308 e. The minimum absolute atomic E-state index is 0.155. The Hall–Kier alpha value is -2.30. The van der Waals surface area contributed by atoms with Crippen molar-refractivity contribution in [3.05, 3.63) is 48.0 Å². The van der Waals surface area contributed by atoms with E-state index in [4.69, 9.17) is 0 Å². The molecule has 1 unspecified atom stereocenters. The number of carbonyl (C=O) groups is 1. The van der Waals surface area contributed by atoms with Gasteiger partial charge in [-0.2, -0.15) is 5.26 Å². The maximum Gasteiger partial charge on any atom is 0.259 e. The first-order valence-corrected chi connectivity index (χ1v) is 10.7. The van der Waals surface area contributed by atoms with Crippen molar-refractivity contribution >= 4 is 38.7 Å². The summed E-state index contributed by atoms with van der Waals surface area (Å²) in [6.07, 6.45) is 4.93. The SMILES string of the molecule is CCc1sc(C(=O)C(C#N)c2nc3sc4c(c3c(=O)[nH]2)CCCC4)cc1C. The third-order valence-corrected chi connectivity index (χ3v) is 7.67. The summed E-state index contributed by atoms with van der Waals surface area (Å²) in [5.74, 6) is -1.24. The first-order valence-electron chi connectivity index (χ1n) is 9.11. The van der Waals surface area contributed by atoms with E-state index in [1.165, 1.54) is 27.6 Å². The summed E-state index contributed by atoms with van der Waals surface area (Å²) in [5.41, 5.74) is 1.92. The van der Waals surface area contributed by atoms with Crippen molar-refractivity contribution in [2.45, 2.75) is 51.9 Å². The van der Waals surface area contributed by atoms with Crippen molar-refractivity contribution in [2.24, 2.45) is 0 Å². The maximum absolute atomic E-state index is 12.9. The summed E-state index contributed by atoms with van der Waals surface area (Å²) in [6, 6.07) is 3.88. The van der Waals surface area contributed by atoms with Gasteiger partial charge in [-0.05, 0) is 56.2 Å². The molecule has 1 N–H and O–H groups in total. The van der Waals surface area contributed by atoms with Crippen molar-refractivity contribution in [1.82, 2.24) is 9.97 Å². The van der Waals surface area contributed by atoms with Crippen LogP contribution in [0.15, 0.2) is 10.9 Å². The number of nitrogens with zero attached hydrogens (tertiary/aromatic N) is 2. The second kappa shape index (κ2) is 7.02. The molecule has 3 heterocycles. The number of fused-ring (bicyclic) bond motifs is 3. The molecule has 0 amide bonds. The molecule has 0 aromatic carbocycles. The third-order valence-electron chi connectivity index (χ3n) is 5.09. The van der Waals surface area contributed by atoms with Crippen molar-refractivity contribution < 1.29 is 4.79 Å². The Morgan fingerprint density at radius 3 is 2.85 bits per heavy atom. The number of aromatic amines is 1. The molecule has 7 heteroatoms. The van der Waals surface area contributed by atoms with Crippen LogP contribution in [0.25, 0.3) is 10.2 Å². The van der Waals surface area contributed by atoms with Crippen LogP contribution < -0.4 is 5.56 Å². The van der Waals surface area contributed by atoms with Gasteiger partial charge in [0.25, 0.3) is 5.56 Å². The predicted octanol–water partition coefficient (Wildman–Crippen LogP) is 4.29. The third kappa shape index (κ3) is 3.03. The quantitative estimate of drug-likeness (QED) is 0.666. The van der Waals surface area contributed by atoms with E-state index in [1.807, 2.05) is 26.0 Å². The average molecular weight is 398 g/mol. The summed E-state index contributed by atoms with van der Waals surface area (Å²) in [5, 5.41) is 10.3. The minimum atomic E-state index is -1.09. The summed E-state index contributed by atoms with van der Waals surface area (Å²) in [4.78, 5) is 36.4. The number of aromatic nitrogens is 2. The van der Waals surface area contributed by atoms with E-state index in [2.05, 4.69) is 9.97 Å². The molecule has 27 heavy (non-hydrogen) atoms. The largest absolute Gasteiger partial charge is 0.308 e. The van der Waals surface area contributed by atoms with Gasteiger partial charge in [-0.1, -0.05) is 6.92 Å². The molecule has 138 valence electrons. The van der Waals surface area contributed by atoms with Gasteiger partial charge in [0.05, 0.1) is 16.3 Å². The highest BCUT2D eigenvalue weighted by Crippen LogP contribution is 2.34. The van der Waals surface area contributed by atoms with E-state index in [1.54, 1.807) is 0 Å². The number of nitriles is 1. The molecule has 0 bridgehead atoms. The Labute approximate surface area is 164 Å². The van der Waals surface area contributed by atoms with Gasteiger partial charge in [0.2, 0.25) is 0 Å². The summed E-state index contributed by atoms with van der Waals surface area (Å²) < 4.78 is 0. The average Bonchev–Trinajstić information content (AvgIpc) is 3.22. The summed E-state index contributed by atoms with van der Waals surface area (Å²) >= 11 is 2.94. The number of Topliss-reactive ketones (excluding diaryl/α,β-unsaturated/α-hetero) is 1. The molecule has 3 aromatic rings. The van der Waals surface area contributed by atoms with E-state index in [-0.39, 0.29) is 17.2 Å². The molecule has 0 spiro atoms. The number of hydrogen-bond donors (Lipinski definition) is 1. The Morgan fingerprint density at radius 1 is 1.37 bits per heavy atom. The van der Waals surface area contributed by atoms with Gasteiger partial charge in [0.1, 0.15) is 10.7 Å². The lowest BCUT2D eigenvalue weighted by Crippen LogP contribution is -2.19. The number of H-pyrrole nitrogens is 1. The number of ketones is 1. The van der Waals surface area contributed by atoms with Gasteiger partial charge < -0.3 is 4.98 Å². The Morgan fingerprint density at radius 2 is 2.15 bits per heavy atom. The first kappa shape index (κ1) is 18.1. The topological polar surface area (TPSA) is 86.6 Å². The molecule has 0 aliphatic heterocycles. The molecule has 0 fully saturated rings. The number of aryl methyl sites for hydroxylation is 4. The fraction of sp³-hybridized carbons (Fsp3) is 0.400. The molecule has 5 nitrogen and oxygen atoms in total. The molecule has 0 radical (unpaired) electrons. The van der Waals surface area contributed by atoms with Gasteiger partial charge >= 0.3 is 0 Å². The fourth-order valence-electron chi connectivity index (χ4n) is 3.70. The highest BCUT2D eigenvalue weighted by molar-refractivity contribution is 7.18. The highest BCUT2D eigenvalue weighted by atomic mass is 32.1. The zero-order valence-corrected chi connectivity index (χ0v) is 16.9. The van der Waals surface area contributed by atoms with Crippen LogP contribution >= 0.6 is 22.7 Å². The molecular weight excluding hydrogens is 378 g/mol. The molecule has 4 rings (SSSR count). The number of carbonyl (C=O) groups excluding carboxylic acids is 1. The maximum atomic E-state index is 12.9. The van der Waals surface area contributed by atoms with Gasteiger partial charge in [-0.3, -0.25) is 9.59 Å². The normalized spacial score (nSPS) is 14.7. The standard InChI is InChI=1S/C20H19N3O2S2/c1-3-13-10(2)8-15(26-13)17(24)12(9-21)18-22-19(25)16-11-6-4-5-7-14(11)27-20(16)23-18/h8,12H,3-7H2,1-2H3,(H,22,23,25). The van der Waals surface area contributed by atoms with Crippen molar-refractivity contribution in [3.8, 4) is 6.07 Å². The first-order chi connectivity index (χ1) is 13.0. The van der Waals surface area contributed by atoms with Crippen molar-refractivity contribution in [2.75, 3.05) is 0 Å². The zero-order valence-electron chi connectivity index (χ0n) is 15.2. The second-order valence-corrected chi connectivity index (χ2v) is 9.06. The number of nitrogens with one attached hydrogen (secondary N) is 1. The number of hydrogen-bond acceptors (Lipinski definition) is 6. The molecule has 0 saturated carbocycles. The van der Waals surface area contributed by atoms with Crippen LogP contribution in [-0.2, 0) is 19.3 Å². The van der Waals surface area contributed by atoms with Crippen LogP contribution in [0.1, 0.15) is 62.1 Å². The molecule has 3 aromatic heterocycles. The highest BCUT2D eigenvalue weighted by Gasteiger charge is 2.28. The summed E-state index contributed by atoms with van der Waals surface area (Å²) in [6.45, 7) is 4.01. The van der Waals surface area contributed by atoms with Crippen LogP contribution in [0.4, 0.5) is 0 Å². The van der Waals surface area contributed by atoms with Gasteiger partial charge in [-0.15, -0.1) is 22.7 Å². The molecule has 0 saturated heterocycles. The number of rotatable bonds is 4. The van der Waals surface area contributed by atoms with Gasteiger partial charge in [-0.25, -0.2) is 4.98 Å². The zero-order chi connectivity index (χ0) is 19.1. The Balaban J connectivity index is 1.78. The van der Waals surface area contributed by atoms with E-state index in [0.717, 1.165) is 48.1 Å². The monoisotopic (exact) mass is 397 g/mol. The predicted molar refractivity (Wildman–Crippen MR) is 108 cm³/mol. The summed E-state index contributed by atoms with van der Waals surface area (Å²) in [7, 11) is 0.